The van der Waals surface area contributed by atoms with Crippen LogP contribution in [0, 0.1) is 0 Å². The highest BCUT2D eigenvalue weighted by Gasteiger charge is 2.11. The molecule has 0 fully saturated rings. The molecule has 0 aliphatic carbocycles. The van der Waals surface area contributed by atoms with Crippen LogP contribution in [0.15, 0.2) is 6.33 Å². The third kappa shape index (κ3) is 1.75. The second-order valence-electron chi connectivity index (χ2n) is 2.31. The van der Waals surface area contributed by atoms with Crippen LogP contribution in [0.3, 0.4) is 0 Å². The fourth-order valence-electron chi connectivity index (χ4n) is 0.885. The van der Waals surface area contributed by atoms with E-state index in [-0.39, 0.29) is 5.69 Å². The number of hydrogen-bond donors (Lipinski definition) is 1. The number of carboxylic acids is 1. The zero-order valence-electron chi connectivity index (χ0n) is 6.69. The standard InChI is InChI=1S/C7H9N3O2/c1-2-3-5-6(7(11)12)8-4-9-10-5/h4H,2-3H2,1H3,(H,11,12). The van der Waals surface area contributed by atoms with Gasteiger partial charge < -0.3 is 5.11 Å². The molecule has 0 unspecified atom stereocenters. The maximum atomic E-state index is 10.6. The Hall–Kier alpha value is -1.52. The number of rotatable bonds is 3. The molecule has 0 spiro atoms. The van der Waals surface area contributed by atoms with Crippen molar-refractivity contribution in [3.05, 3.63) is 17.7 Å². The first-order chi connectivity index (χ1) is 5.75. The molecular weight excluding hydrogens is 158 g/mol. The summed E-state index contributed by atoms with van der Waals surface area (Å²) in [7, 11) is 0. The second kappa shape index (κ2) is 3.75. The van der Waals surface area contributed by atoms with Crippen molar-refractivity contribution in [2.75, 3.05) is 0 Å². The van der Waals surface area contributed by atoms with Crippen LogP contribution >= 0.6 is 0 Å². The van der Waals surface area contributed by atoms with Crippen LogP contribution in [0.1, 0.15) is 29.5 Å². The molecule has 1 aromatic rings. The average molecular weight is 167 g/mol. The van der Waals surface area contributed by atoms with E-state index in [4.69, 9.17) is 5.11 Å². The lowest BCUT2D eigenvalue weighted by molar-refractivity contribution is 0.0688. The third-order valence-electron chi connectivity index (χ3n) is 1.38. The molecule has 0 aliphatic rings. The van der Waals surface area contributed by atoms with E-state index >= 15 is 0 Å². The molecule has 0 aromatic carbocycles. The molecule has 1 N–H and O–H groups in total. The van der Waals surface area contributed by atoms with Crippen LogP contribution in [0.4, 0.5) is 0 Å². The molecule has 1 aromatic heterocycles. The molecule has 0 radical (unpaired) electrons. The van der Waals surface area contributed by atoms with E-state index in [0.29, 0.717) is 12.1 Å². The number of aromatic nitrogens is 3. The number of aromatic carboxylic acids is 1. The van der Waals surface area contributed by atoms with Crippen LogP contribution < -0.4 is 0 Å². The smallest absolute Gasteiger partial charge is 0.356 e. The summed E-state index contributed by atoms with van der Waals surface area (Å²) in [5.74, 6) is -1.05. The normalized spacial score (nSPS) is 9.75. The predicted molar refractivity (Wildman–Crippen MR) is 40.8 cm³/mol. The molecule has 0 amide bonds. The van der Waals surface area contributed by atoms with Crippen molar-refractivity contribution < 1.29 is 9.90 Å². The van der Waals surface area contributed by atoms with E-state index in [9.17, 15) is 4.79 Å². The molecule has 1 rings (SSSR count). The van der Waals surface area contributed by atoms with E-state index < -0.39 is 5.97 Å². The lowest BCUT2D eigenvalue weighted by atomic mass is 10.2. The molecule has 0 saturated carbocycles. The Kier molecular flexibility index (Phi) is 2.68. The van der Waals surface area contributed by atoms with Crippen molar-refractivity contribution in [1.29, 1.82) is 0 Å². The Balaban J connectivity index is 3.00. The predicted octanol–water partition coefficient (Wildman–Crippen LogP) is 0.522. The number of nitrogens with zero attached hydrogens (tertiary/aromatic N) is 3. The topological polar surface area (TPSA) is 76.0 Å². The number of carboxylic acid groups (broad SMARTS) is 1. The van der Waals surface area contributed by atoms with Crippen LogP contribution in [0.25, 0.3) is 0 Å². The molecule has 64 valence electrons. The summed E-state index contributed by atoms with van der Waals surface area (Å²) in [6, 6.07) is 0. The fourth-order valence-corrected chi connectivity index (χ4v) is 0.885. The van der Waals surface area contributed by atoms with Crippen LogP contribution in [-0.2, 0) is 6.42 Å². The first kappa shape index (κ1) is 8.58. The van der Waals surface area contributed by atoms with Gasteiger partial charge in [-0.15, -0.1) is 5.10 Å². The highest BCUT2D eigenvalue weighted by atomic mass is 16.4. The van der Waals surface area contributed by atoms with Crippen LogP contribution in [-0.4, -0.2) is 26.3 Å². The monoisotopic (exact) mass is 167 g/mol. The first-order valence-corrected chi connectivity index (χ1v) is 3.65. The highest BCUT2D eigenvalue weighted by molar-refractivity contribution is 5.86. The Morgan fingerprint density at radius 2 is 2.42 bits per heavy atom. The van der Waals surface area contributed by atoms with E-state index in [1.165, 1.54) is 0 Å². The van der Waals surface area contributed by atoms with Gasteiger partial charge in [-0.25, -0.2) is 9.78 Å². The first-order valence-electron chi connectivity index (χ1n) is 3.65. The summed E-state index contributed by atoms with van der Waals surface area (Å²) in [5, 5.41) is 15.9. The van der Waals surface area contributed by atoms with Gasteiger partial charge >= 0.3 is 5.97 Å². The van der Waals surface area contributed by atoms with Gasteiger partial charge in [0.05, 0.1) is 5.69 Å². The average Bonchev–Trinajstić information content (AvgIpc) is 2.05. The fraction of sp³-hybridized carbons (Fsp3) is 0.429. The minimum atomic E-state index is -1.05. The van der Waals surface area contributed by atoms with Gasteiger partial charge in [0.25, 0.3) is 0 Å². The largest absolute Gasteiger partial charge is 0.476 e. The van der Waals surface area contributed by atoms with Gasteiger partial charge in [-0.05, 0) is 6.42 Å². The highest BCUT2D eigenvalue weighted by Crippen LogP contribution is 2.02. The molecule has 0 aliphatic heterocycles. The van der Waals surface area contributed by atoms with Crippen molar-refractivity contribution in [1.82, 2.24) is 15.2 Å². The molecule has 0 atom stereocenters. The summed E-state index contributed by atoms with van der Waals surface area (Å²) < 4.78 is 0. The molecule has 0 saturated heterocycles. The van der Waals surface area contributed by atoms with Gasteiger partial charge in [-0.2, -0.15) is 5.10 Å². The van der Waals surface area contributed by atoms with Crippen molar-refractivity contribution in [3.8, 4) is 0 Å². The molecule has 12 heavy (non-hydrogen) atoms. The van der Waals surface area contributed by atoms with Gasteiger partial charge in [-0.3, -0.25) is 0 Å². The number of carbonyl (C=O) groups is 1. The summed E-state index contributed by atoms with van der Waals surface area (Å²) in [4.78, 5) is 14.2. The van der Waals surface area contributed by atoms with Gasteiger partial charge in [0.2, 0.25) is 0 Å². The van der Waals surface area contributed by atoms with E-state index in [0.717, 1.165) is 12.7 Å². The maximum absolute atomic E-state index is 10.6. The number of hydrogen-bond acceptors (Lipinski definition) is 4. The summed E-state index contributed by atoms with van der Waals surface area (Å²) in [6.07, 6.45) is 2.58. The van der Waals surface area contributed by atoms with Crippen molar-refractivity contribution in [3.63, 3.8) is 0 Å². The lowest BCUT2D eigenvalue weighted by Crippen LogP contribution is -2.08. The van der Waals surface area contributed by atoms with Gasteiger partial charge in [0.15, 0.2) is 5.69 Å². The molecule has 0 bridgehead atoms. The second-order valence-corrected chi connectivity index (χ2v) is 2.31. The molecule has 1 heterocycles. The van der Waals surface area contributed by atoms with E-state index in [1.807, 2.05) is 6.92 Å². The van der Waals surface area contributed by atoms with Crippen LogP contribution in [0.2, 0.25) is 0 Å². The van der Waals surface area contributed by atoms with Gasteiger partial charge in [0, 0.05) is 0 Å². The molecule has 5 heteroatoms. The van der Waals surface area contributed by atoms with Crippen molar-refractivity contribution in [2.45, 2.75) is 19.8 Å². The van der Waals surface area contributed by atoms with E-state index in [2.05, 4.69) is 15.2 Å². The minimum Gasteiger partial charge on any atom is -0.476 e. The zero-order chi connectivity index (χ0) is 8.97. The van der Waals surface area contributed by atoms with Crippen molar-refractivity contribution >= 4 is 5.97 Å². The summed E-state index contributed by atoms with van der Waals surface area (Å²) in [5.41, 5.74) is 0.458. The zero-order valence-corrected chi connectivity index (χ0v) is 6.69. The van der Waals surface area contributed by atoms with E-state index in [1.54, 1.807) is 0 Å². The third-order valence-corrected chi connectivity index (χ3v) is 1.38. The quantitative estimate of drug-likeness (QED) is 0.710. The van der Waals surface area contributed by atoms with Crippen molar-refractivity contribution in [2.24, 2.45) is 0 Å². The Bertz CT molecular complexity index is 288. The van der Waals surface area contributed by atoms with Gasteiger partial charge in [0.1, 0.15) is 6.33 Å². The van der Waals surface area contributed by atoms with Crippen LogP contribution in [0.5, 0.6) is 0 Å². The Morgan fingerprint density at radius 1 is 1.67 bits per heavy atom. The SMILES string of the molecule is CCCc1nncnc1C(=O)O. The summed E-state index contributed by atoms with van der Waals surface area (Å²) >= 11 is 0. The molecular formula is C7H9N3O2. The number of aryl methyl sites for hydroxylation is 1. The lowest BCUT2D eigenvalue weighted by Gasteiger charge is -1.98. The summed E-state index contributed by atoms with van der Waals surface area (Å²) in [6.45, 7) is 1.94. The Labute approximate surface area is 69.5 Å². The van der Waals surface area contributed by atoms with Gasteiger partial charge in [-0.1, -0.05) is 13.3 Å². The minimum absolute atomic E-state index is 0.00634. The Morgan fingerprint density at radius 3 is 3.00 bits per heavy atom. The maximum Gasteiger partial charge on any atom is 0.356 e. The molecule has 5 nitrogen and oxygen atoms in total.